The van der Waals surface area contributed by atoms with Crippen molar-refractivity contribution in [3.63, 3.8) is 0 Å². The number of para-hydroxylation sites is 2. The molecule has 0 amide bonds. The maximum absolute atomic E-state index is 10.7. The summed E-state index contributed by atoms with van der Waals surface area (Å²) in [6.07, 6.45) is 0. The molecule has 0 saturated heterocycles. The first-order valence-electron chi connectivity index (χ1n) is 12.1. The van der Waals surface area contributed by atoms with Crippen LogP contribution in [-0.4, -0.2) is 32.6 Å². The van der Waals surface area contributed by atoms with Gasteiger partial charge in [-0.3, -0.25) is 0 Å². The van der Waals surface area contributed by atoms with E-state index in [1.54, 1.807) is 0 Å². The topological polar surface area (TPSA) is 79.5 Å². The second-order valence-corrected chi connectivity index (χ2v) is 13.9. The molecule has 4 aromatic rings. The second kappa shape index (κ2) is 11.8. The largest absolute Gasteiger partial charge is 0.741 e. The van der Waals surface area contributed by atoms with Crippen LogP contribution < -0.4 is 13.7 Å². The number of nitrogens with zero attached hydrogens (tertiary/aromatic N) is 1. The Morgan fingerprint density at radius 3 is 1.80 bits per heavy atom. The molecule has 0 saturated carbocycles. The summed E-state index contributed by atoms with van der Waals surface area (Å²) in [7, 11) is -4.98. The minimum Gasteiger partial charge on any atom is -0.741 e. The van der Waals surface area contributed by atoms with Crippen LogP contribution in [0.1, 0.15) is 31.9 Å². The Morgan fingerprint density at radius 1 is 0.900 bits per heavy atom. The number of fused-ring (bicyclic) bond motifs is 2. The van der Waals surface area contributed by atoms with Crippen LogP contribution in [0, 0.1) is 0 Å². The number of hydrogen-bond acceptors (Lipinski definition) is 6. The molecule has 0 bridgehead atoms. The summed E-state index contributed by atoms with van der Waals surface area (Å²) in [5.74, 6) is 1.42. The van der Waals surface area contributed by atoms with Gasteiger partial charge >= 0.3 is 5.51 Å². The van der Waals surface area contributed by atoms with E-state index in [9.17, 15) is 13.2 Å². The van der Waals surface area contributed by atoms with Crippen LogP contribution in [0.15, 0.2) is 66.7 Å². The van der Waals surface area contributed by atoms with Gasteiger partial charge in [0.15, 0.2) is 20.9 Å². The highest BCUT2D eigenvalue weighted by Gasteiger charge is 2.37. The molecule has 12 heteroatoms. The Bertz CT molecular complexity index is 1610. The van der Waals surface area contributed by atoms with Gasteiger partial charge in [-0.1, -0.05) is 51.1 Å². The van der Waals surface area contributed by atoms with Crippen molar-refractivity contribution in [3.8, 4) is 11.5 Å². The van der Waals surface area contributed by atoms with Gasteiger partial charge in [0.1, 0.15) is 12.8 Å². The van der Waals surface area contributed by atoms with Gasteiger partial charge < -0.3 is 13.7 Å². The second-order valence-electron chi connectivity index (χ2n) is 10.2. The number of alkyl halides is 3. The van der Waals surface area contributed by atoms with Crippen LogP contribution >= 0.6 is 12.2 Å². The molecule has 0 aliphatic carbocycles. The summed E-state index contributed by atoms with van der Waals surface area (Å²) in [5.41, 5.74) is -1.26. The Hall–Kier alpha value is -3.06. The van der Waals surface area contributed by atoms with Gasteiger partial charge in [-0.05, 0) is 60.6 Å². The Morgan fingerprint density at radius 2 is 1.38 bits per heavy atom. The number of hydrogen-bond donors (Lipinski definition) is 0. The van der Waals surface area contributed by atoms with E-state index in [2.05, 4.69) is 81.9 Å². The van der Waals surface area contributed by atoms with Crippen molar-refractivity contribution >= 4 is 58.2 Å². The van der Waals surface area contributed by atoms with E-state index >= 15 is 0 Å². The Kier molecular flexibility index (Phi) is 9.29. The summed E-state index contributed by atoms with van der Waals surface area (Å²) < 4.78 is 73.7. The van der Waals surface area contributed by atoms with Gasteiger partial charge in [0.2, 0.25) is 11.0 Å². The summed E-state index contributed by atoms with van der Waals surface area (Å²) in [5, 5.41) is 2.60. The molecule has 213 valence electrons. The normalized spacial score (nSPS) is 12.3. The lowest BCUT2D eigenvalue weighted by molar-refractivity contribution is -0.617. The first-order chi connectivity index (χ1) is 18.4. The number of aromatic nitrogens is 1. The average molecular weight is 609 g/mol. The molecule has 4 rings (SSSR count). The number of thiocarbonyl (C=S) groups is 1. The van der Waals surface area contributed by atoms with Crippen LogP contribution in [0.2, 0.25) is 13.1 Å². The van der Waals surface area contributed by atoms with Crippen LogP contribution in [0.25, 0.3) is 21.8 Å². The number of halogens is 3. The van der Waals surface area contributed by atoms with Crippen LogP contribution in [0.5, 0.6) is 11.5 Å². The van der Waals surface area contributed by atoms with E-state index in [0.29, 0.717) is 10.8 Å². The van der Waals surface area contributed by atoms with Crippen molar-refractivity contribution in [3.05, 3.63) is 77.9 Å². The van der Waals surface area contributed by atoms with Crippen LogP contribution in [0.3, 0.4) is 0 Å². The van der Waals surface area contributed by atoms with E-state index in [0.717, 1.165) is 33.1 Å². The van der Waals surface area contributed by atoms with E-state index in [-0.39, 0.29) is 5.41 Å². The molecule has 0 aliphatic heterocycles. The van der Waals surface area contributed by atoms with E-state index in [4.69, 9.17) is 34.4 Å². The van der Waals surface area contributed by atoms with Gasteiger partial charge in [-0.25, -0.2) is 8.42 Å². The van der Waals surface area contributed by atoms with Crippen molar-refractivity contribution in [1.29, 1.82) is 0 Å². The highest BCUT2D eigenvalue weighted by atomic mass is 32.2. The number of pyridine rings is 1. The molecule has 40 heavy (non-hydrogen) atoms. The van der Waals surface area contributed by atoms with Crippen molar-refractivity contribution in [2.24, 2.45) is 7.05 Å². The van der Waals surface area contributed by atoms with Gasteiger partial charge in [-0.15, -0.1) is 0 Å². The standard InChI is InChI=1S/C27H29NO2SSi.CHF3O3S/c1-27(2,3)18-15-16-23(24(17-18)30-32(5)6)29-26(31)25-19-11-7-9-13-21(19)28(4)22-14-10-8-12-20(22)25;2-1(3,4)8(5,6)7/h7-17H,1-6H3;(H,5,6,7)/q+1;/p-1. The lowest BCUT2D eigenvalue weighted by atomic mass is 9.87. The third-order valence-corrected chi connectivity index (χ3v) is 7.37. The van der Waals surface area contributed by atoms with Crippen LogP contribution in [0.4, 0.5) is 13.2 Å². The van der Waals surface area contributed by atoms with Crippen molar-refractivity contribution in [1.82, 2.24) is 0 Å². The highest BCUT2D eigenvalue weighted by Crippen LogP contribution is 2.35. The molecule has 0 unspecified atom stereocenters. The quantitative estimate of drug-likeness (QED) is 0.0653. The molecular formula is C28H29F3NO5S2Si. The fourth-order valence-corrected chi connectivity index (χ4v) is 4.87. The molecular weight excluding hydrogens is 580 g/mol. The molecule has 6 nitrogen and oxygen atoms in total. The first kappa shape index (κ1) is 31.5. The van der Waals surface area contributed by atoms with Crippen molar-refractivity contribution < 1.29 is 39.9 Å². The predicted octanol–water partition coefficient (Wildman–Crippen LogP) is 6.55. The van der Waals surface area contributed by atoms with E-state index in [1.165, 1.54) is 5.56 Å². The van der Waals surface area contributed by atoms with Crippen molar-refractivity contribution in [2.45, 2.75) is 44.8 Å². The van der Waals surface area contributed by atoms with Crippen LogP contribution in [-0.2, 0) is 22.6 Å². The van der Waals surface area contributed by atoms with Gasteiger partial charge in [0, 0.05) is 12.1 Å². The number of rotatable bonds is 4. The fourth-order valence-electron chi connectivity index (χ4n) is 3.96. The number of ether oxygens (including phenoxy) is 1. The zero-order valence-corrected chi connectivity index (χ0v) is 25.4. The summed E-state index contributed by atoms with van der Waals surface area (Å²) in [4.78, 5) is 0. The zero-order valence-electron chi connectivity index (χ0n) is 22.8. The molecule has 0 atom stereocenters. The van der Waals surface area contributed by atoms with Gasteiger partial charge in [-0.2, -0.15) is 17.7 Å². The lowest BCUT2D eigenvalue weighted by Crippen LogP contribution is -2.31. The number of aryl methyl sites for hydroxylation is 1. The smallest absolute Gasteiger partial charge is 0.485 e. The number of benzene rings is 3. The summed E-state index contributed by atoms with van der Waals surface area (Å²) >= 11 is 5.90. The molecule has 1 heterocycles. The SMILES string of the molecule is C[n+]1c2ccccc2c(C(=S)Oc2ccc(C(C)(C)C)cc2O[Si](C)C)c2ccccc21.O=S(=O)([O-])C(F)(F)F. The lowest BCUT2D eigenvalue weighted by Gasteiger charge is -2.22. The fraction of sp³-hybridized carbons (Fsp3) is 0.286. The maximum Gasteiger partial charge on any atom is 0.485 e. The van der Waals surface area contributed by atoms with Gasteiger partial charge in [0.05, 0.1) is 16.3 Å². The van der Waals surface area contributed by atoms with E-state index < -0.39 is 24.7 Å². The minimum atomic E-state index is -6.09. The molecule has 1 aromatic heterocycles. The average Bonchev–Trinajstić information content (AvgIpc) is 2.83. The first-order valence-corrected chi connectivity index (χ1v) is 16.3. The summed E-state index contributed by atoms with van der Waals surface area (Å²) in [6, 6.07) is 22.8. The monoisotopic (exact) mass is 608 g/mol. The summed E-state index contributed by atoms with van der Waals surface area (Å²) in [6.45, 7) is 10.8. The third-order valence-electron chi connectivity index (χ3n) is 5.88. The highest BCUT2D eigenvalue weighted by molar-refractivity contribution is 7.86. The molecule has 0 spiro atoms. The van der Waals surface area contributed by atoms with Gasteiger partial charge in [0.25, 0.3) is 9.04 Å². The zero-order chi connectivity index (χ0) is 30.0. The predicted molar refractivity (Wildman–Crippen MR) is 154 cm³/mol. The molecule has 0 N–H and O–H groups in total. The third kappa shape index (κ3) is 7.17. The minimum absolute atomic E-state index is 0.0200. The Balaban J connectivity index is 0.000000482. The molecule has 0 fully saturated rings. The Labute approximate surface area is 238 Å². The maximum atomic E-state index is 10.7. The van der Waals surface area contributed by atoms with Crippen molar-refractivity contribution in [2.75, 3.05) is 0 Å². The molecule has 0 aliphatic rings. The van der Waals surface area contributed by atoms with E-state index in [1.807, 2.05) is 30.3 Å². The molecule has 3 aromatic carbocycles. The molecule has 1 radical (unpaired) electrons.